The van der Waals surface area contributed by atoms with Gasteiger partial charge in [-0.25, -0.2) is 11.1 Å². The molecule has 2 nitrogen and oxygen atoms in total. The van der Waals surface area contributed by atoms with Crippen LogP contribution in [0.2, 0.25) is 0 Å². The van der Waals surface area contributed by atoms with Gasteiger partial charge in [-0.3, -0.25) is 4.79 Å². The maximum Gasteiger partial charge on any atom is 2.00 e. The van der Waals surface area contributed by atoms with Crippen molar-refractivity contribution in [2.75, 3.05) is 0 Å². The molecule has 0 unspecified atom stereocenters. The predicted molar refractivity (Wildman–Crippen MR) is 94.1 cm³/mol. The van der Waals surface area contributed by atoms with Gasteiger partial charge in [0, 0.05) is 6.08 Å². The third-order valence-corrected chi connectivity index (χ3v) is 3.11. The van der Waals surface area contributed by atoms with E-state index in [1.54, 1.807) is 0 Å². The molecule has 0 bridgehead atoms. The fourth-order valence-corrected chi connectivity index (χ4v) is 2.23. The first kappa shape index (κ1) is 19.9. The minimum absolute atomic E-state index is 0. The fraction of sp³-hybridized carbons (Fsp3) is 0.0952. The summed E-state index contributed by atoms with van der Waals surface area (Å²) in [5, 5.41) is 10.8. The minimum atomic E-state index is -0.125. The Hall–Kier alpha value is -2.18. The van der Waals surface area contributed by atoms with Gasteiger partial charge < -0.3 is 5.11 Å². The monoisotopic (exact) mass is 497 g/mol. The van der Waals surface area contributed by atoms with Crippen molar-refractivity contribution >= 4 is 16.6 Å². The number of aliphatic hydroxyl groups excluding tert-OH is 1. The smallest absolute Gasteiger partial charge is 0.512 e. The van der Waals surface area contributed by atoms with E-state index in [-0.39, 0.29) is 32.6 Å². The molecule has 0 spiro atoms. The summed E-state index contributed by atoms with van der Waals surface area (Å²) in [6.45, 7) is 2.85. The van der Waals surface area contributed by atoms with Crippen LogP contribution in [0.3, 0.4) is 0 Å². The topological polar surface area (TPSA) is 37.3 Å². The zero-order valence-corrected chi connectivity index (χ0v) is 15.8. The van der Waals surface area contributed by atoms with Crippen LogP contribution in [0.5, 0.6) is 0 Å². The van der Waals surface area contributed by atoms with Crippen LogP contribution in [0, 0.1) is 12.1 Å². The predicted octanol–water partition coefficient (Wildman–Crippen LogP) is 5.14. The van der Waals surface area contributed by atoms with Gasteiger partial charge in [0.1, 0.15) is 0 Å². The summed E-state index contributed by atoms with van der Waals surface area (Å²) in [6, 6.07) is 27.0. The van der Waals surface area contributed by atoms with Gasteiger partial charge in [0.15, 0.2) is 5.78 Å². The summed E-state index contributed by atoms with van der Waals surface area (Å²) < 4.78 is 0. The fourth-order valence-electron chi connectivity index (χ4n) is 2.23. The van der Waals surface area contributed by atoms with Gasteiger partial charge in [-0.2, -0.15) is 36.4 Å². The molecule has 0 atom stereocenters. The molecule has 3 rings (SSSR count). The standard InChI is InChI=1S/C16H10.C5H8O2.Pt/c1-2-7-13(8-3-1)16-12-6-10-14-9-4-5-11-15(14)16;1-4(6)3-5(2)7;/h1-7,9-11H;3,6H,1-2H3;/q-2;;+2. The molecule has 0 amide bonds. The summed E-state index contributed by atoms with van der Waals surface area (Å²) in [5.41, 5.74) is 2.22. The number of ketones is 1. The van der Waals surface area contributed by atoms with Gasteiger partial charge in [-0.05, 0) is 13.8 Å². The average Bonchev–Trinajstić information content (AvgIpc) is 2.54. The van der Waals surface area contributed by atoms with Crippen LogP contribution in [0.4, 0.5) is 0 Å². The van der Waals surface area contributed by atoms with Gasteiger partial charge in [-0.1, -0.05) is 18.2 Å². The molecular weight excluding hydrogens is 479 g/mol. The maximum atomic E-state index is 10.0. The molecule has 0 fully saturated rings. The molecule has 3 aromatic carbocycles. The van der Waals surface area contributed by atoms with Crippen molar-refractivity contribution < 1.29 is 31.0 Å². The molecule has 0 aliphatic rings. The van der Waals surface area contributed by atoms with E-state index in [9.17, 15) is 4.79 Å². The van der Waals surface area contributed by atoms with Gasteiger partial charge in [0.05, 0.1) is 5.76 Å². The van der Waals surface area contributed by atoms with Crippen molar-refractivity contribution in [3.8, 4) is 11.1 Å². The number of aliphatic hydroxyl groups is 1. The number of carbonyl (C=O) groups is 1. The van der Waals surface area contributed by atoms with Crippen LogP contribution < -0.4 is 0 Å². The molecule has 0 heterocycles. The summed E-state index contributed by atoms with van der Waals surface area (Å²) in [4.78, 5) is 10.0. The van der Waals surface area contributed by atoms with E-state index in [2.05, 4.69) is 48.5 Å². The Morgan fingerprint density at radius 2 is 1.67 bits per heavy atom. The third-order valence-electron chi connectivity index (χ3n) is 3.11. The quantitative estimate of drug-likeness (QED) is 0.303. The van der Waals surface area contributed by atoms with Gasteiger partial charge in [0.25, 0.3) is 0 Å². The van der Waals surface area contributed by atoms with Crippen molar-refractivity contribution in [3.05, 3.63) is 84.6 Å². The first-order valence-electron chi connectivity index (χ1n) is 7.32. The molecule has 0 aromatic heterocycles. The van der Waals surface area contributed by atoms with Crippen molar-refractivity contribution in [2.45, 2.75) is 13.8 Å². The van der Waals surface area contributed by atoms with Crippen molar-refractivity contribution in [3.63, 3.8) is 0 Å². The van der Waals surface area contributed by atoms with Gasteiger partial charge >= 0.3 is 21.1 Å². The van der Waals surface area contributed by atoms with E-state index in [1.165, 1.54) is 30.7 Å². The Morgan fingerprint density at radius 3 is 2.25 bits per heavy atom. The van der Waals surface area contributed by atoms with Crippen molar-refractivity contribution in [1.29, 1.82) is 0 Å². The number of allylic oxidation sites excluding steroid dienone is 2. The molecule has 0 aliphatic heterocycles. The van der Waals surface area contributed by atoms with Crippen LogP contribution in [0.1, 0.15) is 13.8 Å². The molecule has 1 N–H and O–H groups in total. The molecule has 24 heavy (non-hydrogen) atoms. The maximum absolute atomic E-state index is 10.0. The minimum Gasteiger partial charge on any atom is -0.512 e. The Balaban J connectivity index is 0.000000312. The largest absolute Gasteiger partial charge is 2.00 e. The average molecular weight is 497 g/mol. The number of carbonyl (C=O) groups excluding carboxylic acids is 1. The van der Waals surface area contributed by atoms with Crippen LogP contribution >= 0.6 is 0 Å². The number of hydrogen-bond donors (Lipinski definition) is 1. The van der Waals surface area contributed by atoms with Gasteiger partial charge in [0.2, 0.25) is 0 Å². The van der Waals surface area contributed by atoms with Crippen LogP contribution in [-0.4, -0.2) is 10.9 Å². The molecule has 124 valence electrons. The van der Waals surface area contributed by atoms with E-state index in [0.29, 0.717) is 0 Å². The van der Waals surface area contributed by atoms with Crippen LogP contribution in [-0.2, 0) is 25.9 Å². The molecule has 0 saturated carbocycles. The normalized spacial score (nSPS) is 10.3. The Bertz CT molecular complexity index is 814. The van der Waals surface area contributed by atoms with Crippen molar-refractivity contribution in [1.82, 2.24) is 0 Å². The van der Waals surface area contributed by atoms with Crippen LogP contribution in [0.25, 0.3) is 21.9 Å². The molecular formula is C21H18O2Pt. The van der Waals surface area contributed by atoms with Gasteiger partial charge in [-0.15, -0.1) is 29.0 Å². The first-order valence-corrected chi connectivity index (χ1v) is 7.32. The van der Waals surface area contributed by atoms with E-state index >= 15 is 0 Å². The second-order valence-electron chi connectivity index (χ2n) is 5.11. The van der Waals surface area contributed by atoms with Crippen molar-refractivity contribution in [2.24, 2.45) is 0 Å². The first-order chi connectivity index (χ1) is 11.1. The number of benzene rings is 3. The van der Waals surface area contributed by atoms with E-state index < -0.39 is 0 Å². The molecule has 0 radical (unpaired) electrons. The Morgan fingerprint density at radius 1 is 0.958 bits per heavy atom. The summed E-state index contributed by atoms with van der Waals surface area (Å²) in [6.07, 6.45) is 1.17. The Labute approximate surface area is 157 Å². The molecule has 0 saturated heterocycles. The SMILES string of the molecule is CC(=O)C=C(C)O.[Pt+2].[c-]1ccccc1-c1[c-]ccc2ccccc12. The number of fused-ring (bicyclic) bond motifs is 1. The number of rotatable bonds is 2. The molecule has 0 aliphatic carbocycles. The van der Waals surface area contributed by atoms with Crippen LogP contribution in [0.15, 0.2) is 72.5 Å². The molecule has 3 aromatic rings. The van der Waals surface area contributed by atoms with E-state index in [1.807, 2.05) is 24.3 Å². The van der Waals surface area contributed by atoms with E-state index in [4.69, 9.17) is 5.11 Å². The summed E-state index contributed by atoms with van der Waals surface area (Å²) in [7, 11) is 0. The van der Waals surface area contributed by atoms with E-state index in [0.717, 1.165) is 11.1 Å². The summed E-state index contributed by atoms with van der Waals surface area (Å²) in [5.74, 6) is -0.0625. The second kappa shape index (κ2) is 9.85. The second-order valence-corrected chi connectivity index (χ2v) is 5.11. The zero-order chi connectivity index (χ0) is 16.7. The Kier molecular flexibility index (Phi) is 8.15. The third kappa shape index (κ3) is 5.79. The molecule has 3 heteroatoms. The zero-order valence-electron chi connectivity index (χ0n) is 13.5. The summed E-state index contributed by atoms with van der Waals surface area (Å²) >= 11 is 0. The number of hydrogen-bond acceptors (Lipinski definition) is 2.